The Balaban J connectivity index is 1.56. The molecule has 8 heteroatoms. The number of rotatable bonds is 4. The molecule has 0 N–H and O–H groups in total. The first-order valence-corrected chi connectivity index (χ1v) is 10.0. The molecule has 1 saturated heterocycles. The predicted octanol–water partition coefficient (Wildman–Crippen LogP) is 6.63. The molecule has 1 aliphatic rings. The number of carbonyl (C=O) groups excluding carboxylic acids is 2. The van der Waals surface area contributed by atoms with E-state index in [1.165, 1.54) is 18.2 Å². The fourth-order valence-electron chi connectivity index (χ4n) is 2.81. The highest BCUT2D eigenvalue weighted by atomic mass is 35.5. The Labute approximate surface area is 179 Å². The summed E-state index contributed by atoms with van der Waals surface area (Å²) in [6, 6.07) is 14.3. The lowest BCUT2D eigenvalue weighted by atomic mass is 10.2. The Morgan fingerprint density at radius 2 is 1.69 bits per heavy atom. The molecule has 0 spiro atoms. The second-order valence-corrected chi connectivity index (χ2v) is 7.98. The van der Waals surface area contributed by atoms with Crippen LogP contribution in [-0.2, 0) is 11.3 Å². The van der Waals surface area contributed by atoms with Gasteiger partial charge in [-0.2, -0.15) is 0 Å². The molecular weight excluding hydrogens is 436 g/mol. The van der Waals surface area contributed by atoms with Gasteiger partial charge in [0.2, 0.25) is 0 Å². The van der Waals surface area contributed by atoms with E-state index in [1.807, 2.05) is 0 Å². The average Bonchev–Trinajstić information content (AvgIpc) is 3.25. The molecule has 2 aromatic carbocycles. The third-order valence-electron chi connectivity index (χ3n) is 4.28. The molecule has 2 heterocycles. The monoisotopic (exact) mass is 447 g/mol. The lowest BCUT2D eigenvalue weighted by molar-refractivity contribution is -0.123. The van der Waals surface area contributed by atoms with E-state index < -0.39 is 11.1 Å². The number of benzene rings is 2. The van der Waals surface area contributed by atoms with Crippen molar-refractivity contribution in [1.82, 2.24) is 4.90 Å². The van der Waals surface area contributed by atoms with E-state index in [0.29, 0.717) is 32.7 Å². The summed E-state index contributed by atoms with van der Waals surface area (Å²) in [6.07, 6.45) is 1.51. The Kier molecular flexibility index (Phi) is 5.50. The minimum absolute atomic E-state index is 0.0144. The van der Waals surface area contributed by atoms with Crippen molar-refractivity contribution >= 4 is 52.2 Å². The molecule has 3 aromatic rings. The van der Waals surface area contributed by atoms with E-state index in [2.05, 4.69) is 0 Å². The molecule has 146 valence electrons. The van der Waals surface area contributed by atoms with Crippen LogP contribution < -0.4 is 0 Å². The summed E-state index contributed by atoms with van der Waals surface area (Å²) in [6.45, 7) is -0.0144. The number of imide groups is 1. The summed E-state index contributed by atoms with van der Waals surface area (Å²) in [7, 11) is 0. The zero-order valence-corrected chi connectivity index (χ0v) is 17.0. The zero-order chi connectivity index (χ0) is 20.5. The first-order valence-electron chi connectivity index (χ1n) is 8.46. The number of furan rings is 1. The third-order valence-corrected chi connectivity index (χ3v) is 5.90. The minimum Gasteiger partial charge on any atom is -0.457 e. The first-order chi connectivity index (χ1) is 13.9. The largest absolute Gasteiger partial charge is 0.457 e. The van der Waals surface area contributed by atoms with Crippen LogP contribution in [0.4, 0.5) is 9.18 Å². The minimum atomic E-state index is -0.448. The van der Waals surface area contributed by atoms with Crippen LogP contribution in [-0.4, -0.2) is 16.0 Å². The van der Waals surface area contributed by atoms with Gasteiger partial charge >= 0.3 is 0 Å². The van der Waals surface area contributed by atoms with Crippen molar-refractivity contribution in [2.75, 3.05) is 0 Å². The maximum Gasteiger partial charge on any atom is 0.293 e. The van der Waals surface area contributed by atoms with Crippen LogP contribution in [0.25, 0.3) is 17.4 Å². The van der Waals surface area contributed by atoms with Crippen LogP contribution in [0.1, 0.15) is 11.3 Å². The van der Waals surface area contributed by atoms with Gasteiger partial charge in [-0.15, -0.1) is 0 Å². The molecule has 4 rings (SSSR count). The highest BCUT2D eigenvalue weighted by molar-refractivity contribution is 8.18. The van der Waals surface area contributed by atoms with Gasteiger partial charge in [-0.25, -0.2) is 4.39 Å². The Hall–Kier alpha value is -2.54. The first kappa shape index (κ1) is 19.8. The van der Waals surface area contributed by atoms with Gasteiger partial charge in [0, 0.05) is 27.2 Å². The Morgan fingerprint density at radius 3 is 2.38 bits per heavy atom. The highest BCUT2D eigenvalue weighted by Gasteiger charge is 2.36. The van der Waals surface area contributed by atoms with E-state index in [1.54, 1.807) is 42.5 Å². The lowest BCUT2D eigenvalue weighted by Crippen LogP contribution is -2.27. The number of halogens is 3. The molecule has 0 aliphatic carbocycles. The Bertz CT molecular complexity index is 1120. The van der Waals surface area contributed by atoms with Crippen LogP contribution in [0.3, 0.4) is 0 Å². The molecule has 0 saturated carbocycles. The predicted molar refractivity (Wildman–Crippen MR) is 112 cm³/mol. The summed E-state index contributed by atoms with van der Waals surface area (Å²) in [5, 5.41) is 0.355. The van der Waals surface area contributed by atoms with Crippen molar-refractivity contribution in [2.45, 2.75) is 6.54 Å². The average molecular weight is 448 g/mol. The van der Waals surface area contributed by atoms with Gasteiger partial charge in [0.15, 0.2) is 0 Å². The van der Waals surface area contributed by atoms with Crippen molar-refractivity contribution < 1.29 is 18.4 Å². The van der Waals surface area contributed by atoms with E-state index >= 15 is 0 Å². The van der Waals surface area contributed by atoms with Crippen molar-refractivity contribution in [1.29, 1.82) is 0 Å². The topological polar surface area (TPSA) is 50.5 Å². The van der Waals surface area contributed by atoms with Crippen LogP contribution >= 0.6 is 35.0 Å². The van der Waals surface area contributed by atoms with E-state index in [9.17, 15) is 14.0 Å². The molecule has 0 unspecified atom stereocenters. The zero-order valence-electron chi connectivity index (χ0n) is 14.7. The molecule has 1 aromatic heterocycles. The summed E-state index contributed by atoms with van der Waals surface area (Å²) >= 11 is 13.1. The highest BCUT2D eigenvalue weighted by Crippen LogP contribution is 2.36. The fraction of sp³-hybridized carbons (Fsp3) is 0.0476. The van der Waals surface area contributed by atoms with E-state index in [4.69, 9.17) is 27.6 Å². The standard InChI is InChI=1S/C21H12Cl2FNO3S/c22-16-2-1-3-17(23)15(16)11-25-20(26)19(29-21(25)27)10-14-8-9-18(28-14)12-4-6-13(24)7-5-12/h1-10H,11H2/b19-10-. The number of amides is 2. The molecule has 4 nitrogen and oxygen atoms in total. The van der Waals surface area contributed by atoms with Crippen LogP contribution in [0.2, 0.25) is 10.0 Å². The SMILES string of the molecule is O=C1S/C(=C\c2ccc(-c3ccc(F)cc3)o2)C(=O)N1Cc1c(Cl)cccc1Cl. The molecule has 1 fully saturated rings. The van der Waals surface area contributed by atoms with E-state index in [0.717, 1.165) is 16.7 Å². The third kappa shape index (κ3) is 4.10. The summed E-state index contributed by atoms with van der Waals surface area (Å²) in [5.74, 6) is 0.146. The maximum absolute atomic E-state index is 13.1. The van der Waals surface area contributed by atoms with Gasteiger partial charge < -0.3 is 4.42 Å². The summed E-state index contributed by atoms with van der Waals surface area (Å²) in [4.78, 5) is 26.4. The quantitative estimate of drug-likeness (QED) is 0.421. The van der Waals surface area contributed by atoms with Gasteiger partial charge in [-0.3, -0.25) is 14.5 Å². The molecule has 0 bridgehead atoms. The van der Waals surface area contributed by atoms with Crippen molar-refractivity contribution in [2.24, 2.45) is 0 Å². The molecular formula is C21H12Cl2FNO3S. The second-order valence-electron chi connectivity index (χ2n) is 6.18. The van der Waals surface area contributed by atoms with Gasteiger partial charge in [0.1, 0.15) is 17.3 Å². The van der Waals surface area contributed by atoms with Crippen molar-refractivity contribution in [3.8, 4) is 11.3 Å². The lowest BCUT2D eigenvalue weighted by Gasteiger charge is -2.14. The molecule has 2 amide bonds. The number of carbonyl (C=O) groups is 2. The number of hydrogen-bond acceptors (Lipinski definition) is 4. The van der Waals surface area contributed by atoms with Crippen LogP contribution in [0, 0.1) is 5.82 Å². The second kappa shape index (κ2) is 8.06. The normalized spacial score (nSPS) is 15.6. The molecule has 0 radical (unpaired) electrons. The van der Waals surface area contributed by atoms with Crippen LogP contribution in [0.15, 0.2) is 63.9 Å². The maximum atomic E-state index is 13.1. The molecule has 29 heavy (non-hydrogen) atoms. The Morgan fingerprint density at radius 1 is 1.00 bits per heavy atom. The summed E-state index contributed by atoms with van der Waals surface area (Å²) in [5.41, 5.74) is 1.21. The van der Waals surface area contributed by atoms with Gasteiger partial charge in [-0.05, 0) is 60.3 Å². The number of thioether (sulfide) groups is 1. The van der Waals surface area contributed by atoms with Gasteiger partial charge in [0.25, 0.3) is 11.1 Å². The molecule has 0 atom stereocenters. The molecule has 1 aliphatic heterocycles. The summed E-state index contributed by atoms with van der Waals surface area (Å²) < 4.78 is 18.8. The van der Waals surface area contributed by atoms with E-state index in [-0.39, 0.29) is 17.3 Å². The van der Waals surface area contributed by atoms with Crippen LogP contribution in [0.5, 0.6) is 0 Å². The van der Waals surface area contributed by atoms with Gasteiger partial charge in [0.05, 0.1) is 11.4 Å². The number of hydrogen-bond donors (Lipinski definition) is 0. The number of nitrogens with zero attached hydrogens (tertiary/aromatic N) is 1. The fourth-order valence-corrected chi connectivity index (χ4v) is 4.14. The van der Waals surface area contributed by atoms with Crippen molar-refractivity contribution in [3.05, 3.63) is 86.7 Å². The smallest absolute Gasteiger partial charge is 0.293 e. The van der Waals surface area contributed by atoms with Crippen molar-refractivity contribution in [3.63, 3.8) is 0 Å². The van der Waals surface area contributed by atoms with Gasteiger partial charge in [-0.1, -0.05) is 29.3 Å².